The Hall–Kier alpha value is -1.17. The average molecular weight is 386 g/mol. The van der Waals surface area contributed by atoms with Gasteiger partial charge in [-0.05, 0) is 30.0 Å². The van der Waals surface area contributed by atoms with Crippen molar-refractivity contribution in [3.8, 4) is 0 Å². The lowest BCUT2D eigenvalue weighted by atomic mass is 9.87. The van der Waals surface area contributed by atoms with Gasteiger partial charge in [-0.1, -0.05) is 73.7 Å². The minimum Gasteiger partial charge on any atom is -0.300 e. The van der Waals surface area contributed by atoms with E-state index in [9.17, 15) is 4.79 Å². The zero-order valence-electron chi connectivity index (χ0n) is 12.5. The molecule has 0 radical (unpaired) electrons. The molecule has 1 atom stereocenters. The van der Waals surface area contributed by atoms with Gasteiger partial charge in [0.2, 0.25) is 11.0 Å². The molecule has 1 amide bonds. The van der Waals surface area contributed by atoms with E-state index in [1.807, 2.05) is 6.07 Å². The van der Waals surface area contributed by atoms with Gasteiger partial charge in [-0.15, -0.1) is 10.2 Å². The molecule has 1 aliphatic rings. The fourth-order valence-corrected chi connectivity index (χ4v) is 3.88. The van der Waals surface area contributed by atoms with Gasteiger partial charge in [0.15, 0.2) is 0 Å². The van der Waals surface area contributed by atoms with Gasteiger partial charge in [0.05, 0.1) is 16.0 Å². The molecule has 1 aromatic heterocycles. The predicted octanol–water partition coefficient (Wildman–Crippen LogP) is 5.78. The third-order valence-corrected chi connectivity index (χ3v) is 5.64. The van der Waals surface area contributed by atoms with Crippen LogP contribution in [0.1, 0.15) is 51.0 Å². The van der Waals surface area contributed by atoms with Crippen LogP contribution in [0, 0.1) is 5.92 Å². The molecule has 0 saturated heterocycles. The molecule has 1 heterocycles. The number of benzene rings is 1. The fraction of sp³-hybridized carbons (Fsp3) is 0.471. The molecule has 1 aliphatic carbocycles. The van der Waals surface area contributed by atoms with Crippen LogP contribution in [0.3, 0.4) is 0 Å². The lowest BCUT2D eigenvalue weighted by molar-refractivity contribution is -0.118. The first-order chi connectivity index (χ1) is 11.1. The van der Waals surface area contributed by atoms with Crippen molar-refractivity contribution in [1.29, 1.82) is 0 Å². The lowest BCUT2D eigenvalue weighted by Crippen LogP contribution is -2.23. The lowest BCUT2D eigenvalue weighted by Gasteiger charge is -2.20. The molecule has 0 aliphatic heterocycles. The Morgan fingerprint density at radius 2 is 2.04 bits per heavy atom. The number of carbonyl (C=O) groups excluding carboxylic acids is 1. The molecule has 0 spiro atoms. The molecule has 1 fully saturated rings. The maximum atomic E-state index is 12.7. The predicted molar refractivity (Wildman–Crippen MR) is 101 cm³/mol. The molecular formula is C17H21Cl2N3OS. The van der Waals surface area contributed by atoms with Gasteiger partial charge in [-0.25, -0.2) is 0 Å². The summed E-state index contributed by atoms with van der Waals surface area (Å²) in [5, 5.41) is 12.0. The molecule has 24 heavy (non-hydrogen) atoms. The largest absolute Gasteiger partial charge is 0.300 e. The van der Waals surface area contributed by atoms with Crippen molar-refractivity contribution in [1.82, 2.24) is 10.2 Å². The highest BCUT2D eigenvalue weighted by Gasteiger charge is 2.27. The first-order valence-electron chi connectivity index (χ1n) is 7.65. The summed E-state index contributed by atoms with van der Waals surface area (Å²) in [5.41, 5.74) is 2.49. The number of hydrogen-bond donors (Lipinski definition) is 1. The van der Waals surface area contributed by atoms with Crippen molar-refractivity contribution in [3.63, 3.8) is 0 Å². The molecule has 3 rings (SSSR count). The van der Waals surface area contributed by atoms with Crippen molar-refractivity contribution in [3.05, 3.63) is 39.3 Å². The van der Waals surface area contributed by atoms with E-state index in [-0.39, 0.29) is 19.3 Å². The monoisotopic (exact) mass is 385 g/mol. The number of halogens is 2. The van der Waals surface area contributed by atoms with Gasteiger partial charge in [0.1, 0.15) is 5.51 Å². The van der Waals surface area contributed by atoms with Crippen LogP contribution in [0.2, 0.25) is 10.0 Å². The summed E-state index contributed by atoms with van der Waals surface area (Å²) in [6, 6.07) is 5.43. The van der Waals surface area contributed by atoms with Gasteiger partial charge in [-0.3, -0.25) is 10.1 Å². The van der Waals surface area contributed by atoms with Crippen LogP contribution in [-0.2, 0) is 4.79 Å². The third-order valence-electron chi connectivity index (χ3n) is 4.30. The maximum absolute atomic E-state index is 12.7. The Morgan fingerprint density at radius 3 is 2.67 bits per heavy atom. The van der Waals surface area contributed by atoms with Gasteiger partial charge in [0, 0.05) is 0 Å². The number of rotatable bonds is 5. The minimum atomic E-state index is -0.253. The van der Waals surface area contributed by atoms with Crippen LogP contribution in [0.15, 0.2) is 23.7 Å². The van der Waals surface area contributed by atoms with E-state index in [0.29, 0.717) is 21.1 Å². The fourth-order valence-electron chi connectivity index (χ4n) is 3.12. The maximum Gasteiger partial charge on any atom is 0.233 e. The van der Waals surface area contributed by atoms with E-state index in [4.69, 9.17) is 23.2 Å². The smallest absolute Gasteiger partial charge is 0.233 e. The first-order valence-corrected chi connectivity index (χ1v) is 9.29. The van der Waals surface area contributed by atoms with Crippen LogP contribution in [0.5, 0.6) is 0 Å². The summed E-state index contributed by atoms with van der Waals surface area (Å²) < 4.78 is 0. The Morgan fingerprint density at radius 1 is 1.29 bits per heavy atom. The van der Waals surface area contributed by atoms with Crippen LogP contribution >= 0.6 is 34.5 Å². The van der Waals surface area contributed by atoms with Crippen LogP contribution in [-0.4, -0.2) is 16.1 Å². The summed E-state index contributed by atoms with van der Waals surface area (Å²) in [6.07, 6.45) is 5.68. The number of amides is 1. The number of carbonyl (C=O) groups is 1. The third kappa shape index (κ3) is 4.68. The van der Waals surface area contributed by atoms with Crippen molar-refractivity contribution in [2.24, 2.45) is 5.92 Å². The van der Waals surface area contributed by atoms with Gasteiger partial charge >= 0.3 is 0 Å². The van der Waals surface area contributed by atoms with E-state index in [1.54, 1.807) is 17.6 Å². The van der Waals surface area contributed by atoms with Crippen molar-refractivity contribution in [2.45, 2.75) is 45.4 Å². The standard InChI is InChI=1S/C16H17Cl2N3OS.CH4/c17-13-6-5-11(8-14(13)18)12(7-10-3-1-2-4-10)15(22)20-16-21-19-9-23-16;/h5-6,8-10,12H,1-4,7H2,(H,20,21,22);1H4. The van der Waals surface area contributed by atoms with Crippen LogP contribution in [0.4, 0.5) is 5.13 Å². The molecule has 2 aromatic rings. The van der Waals surface area contributed by atoms with E-state index < -0.39 is 0 Å². The molecule has 1 N–H and O–H groups in total. The Labute approximate surface area is 156 Å². The second-order valence-electron chi connectivity index (χ2n) is 5.85. The van der Waals surface area contributed by atoms with E-state index >= 15 is 0 Å². The minimum absolute atomic E-state index is 0. The molecular weight excluding hydrogens is 365 g/mol. The van der Waals surface area contributed by atoms with Crippen molar-refractivity contribution >= 4 is 45.6 Å². The number of anilines is 1. The number of aromatic nitrogens is 2. The molecule has 7 heteroatoms. The first kappa shape index (κ1) is 19.2. The molecule has 1 unspecified atom stereocenters. The molecule has 1 saturated carbocycles. The zero-order chi connectivity index (χ0) is 16.2. The SMILES string of the molecule is C.O=C(Nc1nncs1)C(CC1CCCC1)c1ccc(Cl)c(Cl)c1. The van der Waals surface area contributed by atoms with E-state index in [1.165, 1.54) is 37.0 Å². The summed E-state index contributed by atoms with van der Waals surface area (Å²) in [4.78, 5) is 12.7. The number of hydrogen-bond acceptors (Lipinski definition) is 4. The summed E-state index contributed by atoms with van der Waals surface area (Å²) in [5.74, 6) is 0.262. The number of nitrogens with zero attached hydrogens (tertiary/aromatic N) is 2. The highest BCUT2D eigenvalue weighted by atomic mass is 35.5. The van der Waals surface area contributed by atoms with Gasteiger partial charge in [0.25, 0.3) is 0 Å². The second-order valence-corrected chi connectivity index (χ2v) is 7.49. The summed E-state index contributed by atoms with van der Waals surface area (Å²) in [6.45, 7) is 0. The second kappa shape index (κ2) is 8.79. The topological polar surface area (TPSA) is 54.9 Å². The van der Waals surface area contributed by atoms with Crippen LogP contribution in [0.25, 0.3) is 0 Å². The molecule has 1 aromatic carbocycles. The summed E-state index contributed by atoms with van der Waals surface area (Å²) >= 11 is 13.5. The summed E-state index contributed by atoms with van der Waals surface area (Å²) in [7, 11) is 0. The molecule has 0 bridgehead atoms. The normalized spacial score (nSPS) is 15.8. The Bertz CT molecular complexity index is 672. The Balaban J connectivity index is 0.00000208. The van der Waals surface area contributed by atoms with E-state index in [2.05, 4.69) is 15.5 Å². The average Bonchev–Trinajstić information content (AvgIpc) is 3.21. The zero-order valence-corrected chi connectivity index (χ0v) is 14.8. The quantitative estimate of drug-likeness (QED) is 0.708. The van der Waals surface area contributed by atoms with Gasteiger partial charge in [-0.2, -0.15) is 0 Å². The van der Waals surface area contributed by atoms with Crippen LogP contribution < -0.4 is 5.32 Å². The molecule has 130 valence electrons. The highest BCUT2D eigenvalue weighted by Crippen LogP contribution is 2.36. The molecule has 4 nitrogen and oxygen atoms in total. The Kier molecular flexibility index (Phi) is 7.02. The van der Waals surface area contributed by atoms with Crippen molar-refractivity contribution in [2.75, 3.05) is 5.32 Å². The highest BCUT2D eigenvalue weighted by molar-refractivity contribution is 7.13. The van der Waals surface area contributed by atoms with Crippen molar-refractivity contribution < 1.29 is 4.79 Å². The van der Waals surface area contributed by atoms with E-state index in [0.717, 1.165) is 12.0 Å². The number of nitrogens with one attached hydrogen (secondary N) is 1. The van der Waals surface area contributed by atoms with Gasteiger partial charge < -0.3 is 0 Å².